The third kappa shape index (κ3) is 3.60. The van der Waals surface area contributed by atoms with E-state index in [4.69, 9.17) is 0 Å². The molecule has 0 fully saturated rings. The smallest absolute Gasteiger partial charge is 0.234 e. The second-order valence-corrected chi connectivity index (χ2v) is 9.27. The molecule has 140 valence electrons. The number of nitrogens with zero attached hydrogens (tertiary/aromatic N) is 2. The number of thioether (sulfide) groups is 1. The predicted molar refractivity (Wildman–Crippen MR) is 114 cm³/mol. The minimum Gasteiger partial charge on any atom is -0.325 e. The van der Waals surface area contributed by atoms with Crippen molar-refractivity contribution in [3.05, 3.63) is 45.1 Å². The van der Waals surface area contributed by atoms with Crippen LogP contribution in [0.4, 0.5) is 5.69 Å². The van der Waals surface area contributed by atoms with Crippen molar-refractivity contribution in [1.82, 2.24) is 9.97 Å². The van der Waals surface area contributed by atoms with E-state index in [-0.39, 0.29) is 5.91 Å². The molecule has 0 bridgehead atoms. The first kappa shape index (κ1) is 18.4. The number of carbonyl (C=O) groups excluding carboxylic acids is 1. The molecule has 2 aromatic heterocycles. The normalized spacial score (nSPS) is 13.2. The lowest BCUT2D eigenvalue weighted by Crippen LogP contribution is -2.16. The Morgan fingerprint density at radius 3 is 2.63 bits per heavy atom. The molecule has 1 aliphatic rings. The zero-order valence-corrected chi connectivity index (χ0v) is 17.7. The average Bonchev–Trinajstić information content (AvgIpc) is 3.16. The molecule has 0 atom stereocenters. The van der Waals surface area contributed by atoms with Gasteiger partial charge in [0, 0.05) is 16.0 Å². The minimum atomic E-state index is 0.00587. The first-order valence-electron chi connectivity index (χ1n) is 9.21. The number of hydrogen-bond donors (Lipinski definition) is 1. The van der Waals surface area contributed by atoms with Gasteiger partial charge in [-0.15, -0.1) is 11.3 Å². The Morgan fingerprint density at radius 1 is 1.15 bits per heavy atom. The van der Waals surface area contributed by atoms with Crippen molar-refractivity contribution in [3.8, 4) is 0 Å². The number of carbonyl (C=O) groups is 1. The zero-order chi connectivity index (χ0) is 19.1. The summed E-state index contributed by atoms with van der Waals surface area (Å²) < 4.78 is 0. The summed E-state index contributed by atoms with van der Waals surface area (Å²) in [5, 5.41) is 5.21. The monoisotopic (exact) mass is 397 g/mol. The van der Waals surface area contributed by atoms with Crippen LogP contribution in [-0.2, 0) is 17.6 Å². The Morgan fingerprint density at radius 2 is 1.89 bits per heavy atom. The number of benzene rings is 1. The van der Waals surface area contributed by atoms with Gasteiger partial charge in [-0.05, 0) is 63.6 Å². The largest absolute Gasteiger partial charge is 0.325 e. The average molecular weight is 398 g/mol. The molecule has 0 radical (unpaired) electrons. The van der Waals surface area contributed by atoms with Gasteiger partial charge < -0.3 is 5.32 Å². The molecule has 3 aromatic rings. The number of rotatable bonds is 4. The molecule has 1 aliphatic carbocycles. The lowest BCUT2D eigenvalue weighted by atomic mass is 10.1. The molecule has 0 spiro atoms. The van der Waals surface area contributed by atoms with E-state index >= 15 is 0 Å². The van der Waals surface area contributed by atoms with Gasteiger partial charge in [0.05, 0.1) is 5.75 Å². The second kappa shape index (κ2) is 7.24. The van der Waals surface area contributed by atoms with Crippen molar-refractivity contribution in [2.45, 2.75) is 52.0 Å². The van der Waals surface area contributed by atoms with Crippen LogP contribution >= 0.6 is 23.1 Å². The second-order valence-electron chi connectivity index (χ2n) is 7.22. The number of aryl methyl sites for hydroxylation is 6. The van der Waals surface area contributed by atoms with Gasteiger partial charge in [-0.1, -0.05) is 29.5 Å². The van der Waals surface area contributed by atoms with Crippen LogP contribution in [0.25, 0.3) is 10.2 Å². The first-order valence-corrected chi connectivity index (χ1v) is 11.0. The van der Waals surface area contributed by atoms with Crippen LogP contribution in [0.1, 0.15) is 39.4 Å². The summed E-state index contributed by atoms with van der Waals surface area (Å²) >= 11 is 3.31. The van der Waals surface area contributed by atoms with E-state index in [1.165, 1.54) is 39.6 Å². The van der Waals surface area contributed by atoms with E-state index < -0.39 is 0 Å². The number of hydrogen-bond acceptors (Lipinski definition) is 5. The van der Waals surface area contributed by atoms with Crippen LogP contribution in [0.15, 0.2) is 17.2 Å². The van der Waals surface area contributed by atoms with Crippen LogP contribution < -0.4 is 5.32 Å². The van der Waals surface area contributed by atoms with Crippen LogP contribution in [-0.4, -0.2) is 21.6 Å². The summed E-state index contributed by atoms with van der Waals surface area (Å²) in [5.74, 6) is 1.13. The maximum absolute atomic E-state index is 12.6. The van der Waals surface area contributed by atoms with E-state index in [0.717, 1.165) is 45.3 Å². The molecule has 1 aromatic carbocycles. The van der Waals surface area contributed by atoms with Crippen molar-refractivity contribution in [1.29, 1.82) is 0 Å². The van der Waals surface area contributed by atoms with Crippen molar-refractivity contribution >= 4 is 44.9 Å². The highest BCUT2D eigenvalue weighted by Gasteiger charge is 2.22. The molecular weight excluding hydrogens is 374 g/mol. The van der Waals surface area contributed by atoms with Gasteiger partial charge in [0.25, 0.3) is 0 Å². The van der Waals surface area contributed by atoms with Crippen LogP contribution in [0.3, 0.4) is 0 Å². The molecule has 6 heteroatoms. The Kier molecular flexibility index (Phi) is 4.95. The van der Waals surface area contributed by atoms with Crippen molar-refractivity contribution in [2.75, 3.05) is 11.1 Å². The number of anilines is 1. The van der Waals surface area contributed by atoms with Gasteiger partial charge in [0.2, 0.25) is 5.91 Å². The predicted octanol–water partition coefficient (Wildman–Crippen LogP) is 5.14. The fourth-order valence-electron chi connectivity index (χ4n) is 3.86. The molecule has 0 unspecified atom stereocenters. The maximum Gasteiger partial charge on any atom is 0.234 e. The van der Waals surface area contributed by atoms with E-state index in [1.54, 1.807) is 11.3 Å². The summed E-state index contributed by atoms with van der Waals surface area (Å²) in [6, 6.07) is 4.20. The molecule has 27 heavy (non-hydrogen) atoms. The van der Waals surface area contributed by atoms with Crippen LogP contribution in [0, 0.1) is 27.7 Å². The van der Waals surface area contributed by atoms with Crippen LogP contribution in [0.5, 0.6) is 0 Å². The molecule has 2 heterocycles. The quantitative estimate of drug-likeness (QED) is 0.489. The lowest BCUT2D eigenvalue weighted by molar-refractivity contribution is -0.113. The molecule has 0 saturated carbocycles. The van der Waals surface area contributed by atoms with Gasteiger partial charge in [-0.2, -0.15) is 0 Å². The number of amides is 1. The third-order valence-electron chi connectivity index (χ3n) is 4.92. The van der Waals surface area contributed by atoms with E-state index in [1.807, 2.05) is 20.8 Å². The molecule has 0 aliphatic heterocycles. The summed E-state index contributed by atoms with van der Waals surface area (Å²) in [6.07, 6.45) is 3.46. The van der Waals surface area contributed by atoms with Gasteiger partial charge in [0.1, 0.15) is 15.7 Å². The third-order valence-corrected chi connectivity index (χ3v) is 7.09. The fourth-order valence-corrected chi connectivity index (χ4v) is 6.13. The topological polar surface area (TPSA) is 54.9 Å². The molecular formula is C21H23N3OS2. The summed E-state index contributed by atoms with van der Waals surface area (Å²) in [5.41, 5.74) is 5.74. The van der Waals surface area contributed by atoms with Crippen LogP contribution in [0.2, 0.25) is 0 Å². The molecule has 0 saturated heterocycles. The lowest BCUT2D eigenvalue weighted by Gasteiger charge is -2.13. The highest BCUT2D eigenvalue weighted by atomic mass is 32.2. The minimum absolute atomic E-state index is 0.00587. The molecule has 4 nitrogen and oxygen atoms in total. The van der Waals surface area contributed by atoms with Gasteiger partial charge in [-0.3, -0.25) is 4.79 Å². The van der Waals surface area contributed by atoms with Gasteiger partial charge in [0.15, 0.2) is 0 Å². The maximum atomic E-state index is 12.6. The molecule has 1 amide bonds. The van der Waals surface area contributed by atoms with E-state index in [2.05, 4.69) is 34.3 Å². The number of nitrogens with one attached hydrogen (secondary N) is 1. The van der Waals surface area contributed by atoms with Crippen molar-refractivity contribution in [2.24, 2.45) is 0 Å². The SMILES string of the molecule is Cc1cc(C)c(NC(=O)CSc2nc(C)nc3sc4c(c23)CCC4)c(C)c1. The molecule has 4 rings (SSSR count). The van der Waals surface area contributed by atoms with Crippen molar-refractivity contribution in [3.63, 3.8) is 0 Å². The van der Waals surface area contributed by atoms with Crippen molar-refractivity contribution < 1.29 is 4.79 Å². The Hall–Kier alpha value is -1.92. The number of thiophene rings is 1. The fraction of sp³-hybridized carbons (Fsp3) is 0.381. The van der Waals surface area contributed by atoms with E-state index in [9.17, 15) is 4.79 Å². The zero-order valence-electron chi connectivity index (χ0n) is 16.1. The van der Waals surface area contributed by atoms with E-state index in [0.29, 0.717) is 5.75 Å². The summed E-state index contributed by atoms with van der Waals surface area (Å²) in [7, 11) is 0. The standard InChI is InChI=1S/C21H23N3OS2/c1-11-8-12(2)19(13(3)9-11)24-17(25)10-26-20-18-15-6-5-7-16(15)27-21(18)23-14(4)22-20/h8-9H,5-7,10H2,1-4H3,(H,24,25). The Bertz CT molecular complexity index is 1030. The summed E-state index contributed by atoms with van der Waals surface area (Å²) in [4.78, 5) is 24.4. The highest BCUT2D eigenvalue weighted by Crippen LogP contribution is 2.40. The van der Waals surface area contributed by atoms with Gasteiger partial charge in [-0.25, -0.2) is 9.97 Å². The Balaban J connectivity index is 1.55. The first-order chi connectivity index (χ1) is 12.9. The Labute approximate surface area is 167 Å². The summed E-state index contributed by atoms with van der Waals surface area (Å²) in [6.45, 7) is 8.07. The molecule has 1 N–H and O–H groups in total. The number of aromatic nitrogens is 2. The van der Waals surface area contributed by atoms with Gasteiger partial charge >= 0.3 is 0 Å². The number of fused-ring (bicyclic) bond motifs is 3. The highest BCUT2D eigenvalue weighted by molar-refractivity contribution is 8.00.